The number of hydrogen-bond acceptors (Lipinski definition) is 3. The molecule has 0 saturated carbocycles. The third-order valence-corrected chi connectivity index (χ3v) is 1.98. The fourth-order valence-corrected chi connectivity index (χ4v) is 1.17. The summed E-state index contributed by atoms with van der Waals surface area (Å²) in [5.41, 5.74) is 1.19. The van der Waals surface area contributed by atoms with Gasteiger partial charge in [0.15, 0.2) is 0 Å². The Bertz CT molecular complexity index is 237. The van der Waals surface area contributed by atoms with Crippen molar-refractivity contribution < 1.29 is 14.3 Å². The second-order valence-corrected chi connectivity index (χ2v) is 3.55. The van der Waals surface area contributed by atoms with Gasteiger partial charge >= 0.3 is 5.97 Å². The lowest BCUT2D eigenvalue weighted by atomic mass is 9.99. The number of carbonyl (C=O) groups is 2. The van der Waals surface area contributed by atoms with Crippen LogP contribution in [0.3, 0.4) is 0 Å². The summed E-state index contributed by atoms with van der Waals surface area (Å²) in [7, 11) is 1.30. The average Bonchev–Trinajstić information content (AvgIpc) is 2.10. The molecule has 3 heteroatoms. The maximum absolute atomic E-state index is 11.2. The van der Waals surface area contributed by atoms with E-state index in [1.807, 2.05) is 19.9 Å². The molecule has 0 fully saturated rings. The summed E-state index contributed by atoms with van der Waals surface area (Å²) in [6.07, 6.45) is 3.29. The Kier molecular flexibility index (Phi) is 5.84. The first-order chi connectivity index (χ1) is 6.49. The highest BCUT2D eigenvalue weighted by Crippen LogP contribution is 2.11. The van der Waals surface area contributed by atoms with Crippen LogP contribution < -0.4 is 0 Å². The molecule has 0 spiro atoms. The van der Waals surface area contributed by atoms with Crippen LogP contribution in [-0.2, 0) is 14.3 Å². The first-order valence-corrected chi connectivity index (χ1v) is 4.70. The predicted octanol–water partition coefficient (Wildman–Crippen LogP) is 2.11. The summed E-state index contributed by atoms with van der Waals surface area (Å²) in [6.45, 7) is 5.39. The van der Waals surface area contributed by atoms with Crippen molar-refractivity contribution in [1.29, 1.82) is 0 Å². The minimum absolute atomic E-state index is 0.126. The summed E-state index contributed by atoms with van der Waals surface area (Å²) in [6, 6.07) is 0. The van der Waals surface area contributed by atoms with Crippen molar-refractivity contribution >= 4 is 11.8 Å². The molecular formula is C11H18O3. The van der Waals surface area contributed by atoms with Crippen LogP contribution in [0.4, 0.5) is 0 Å². The maximum atomic E-state index is 11.2. The quantitative estimate of drug-likeness (QED) is 0.386. The first-order valence-electron chi connectivity index (χ1n) is 4.70. The predicted molar refractivity (Wildman–Crippen MR) is 54.9 cm³/mol. The van der Waals surface area contributed by atoms with Gasteiger partial charge in [-0.15, -0.1) is 0 Å². The standard InChI is InChI=1S/C11H18O3/c1-8(2)6-5-7-10(9(3)12)11(13)14-4/h6,10H,5,7H2,1-4H3. The fraction of sp³-hybridized carbons (Fsp3) is 0.636. The molecule has 0 radical (unpaired) electrons. The van der Waals surface area contributed by atoms with E-state index in [-0.39, 0.29) is 5.78 Å². The normalized spacial score (nSPS) is 11.7. The summed E-state index contributed by atoms with van der Waals surface area (Å²) in [5, 5.41) is 0. The van der Waals surface area contributed by atoms with Crippen molar-refractivity contribution in [3.05, 3.63) is 11.6 Å². The minimum atomic E-state index is -0.601. The van der Waals surface area contributed by atoms with Gasteiger partial charge in [0.05, 0.1) is 7.11 Å². The highest BCUT2D eigenvalue weighted by molar-refractivity contribution is 5.97. The largest absolute Gasteiger partial charge is 0.468 e. The van der Waals surface area contributed by atoms with Gasteiger partial charge < -0.3 is 4.74 Å². The third kappa shape index (κ3) is 4.80. The third-order valence-electron chi connectivity index (χ3n) is 1.98. The van der Waals surface area contributed by atoms with Crippen LogP contribution in [-0.4, -0.2) is 18.9 Å². The minimum Gasteiger partial charge on any atom is -0.468 e. The molecule has 0 aliphatic carbocycles. The summed E-state index contributed by atoms with van der Waals surface area (Å²) >= 11 is 0. The summed E-state index contributed by atoms with van der Waals surface area (Å²) in [4.78, 5) is 22.3. The summed E-state index contributed by atoms with van der Waals surface area (Å²) < 4.78 is 4.55. The Morgan fingerprint density at radius 3 is 2.21 bits per heavy atom. The molecule has 0 amide bonds. The van der Waals surface area contributed by atoms with Gasteiger partial charge in [0.2, 0.25) is 0 Å². The van der Waals surface area contributed by atoms with E-state index < -0.39 is 11.9 Å². The second-order valence-electron chi connectivity index (χ2n) is 3.55. The van der Waals surface area contributed by atoms with Crippen LogP contribution >= 0.6 is 0 Å². The smallest absolute Gasteiger partial charge is 0.316 e. The zero-order valence-corrected chi connectivity index (χ0v) is 9.29. The number of rotatable bonds is 5. The molecule has 0 saturated heterocycles. The molecule has 0 aromatic carbocycles. The zero-order chi connectivity index (χ0) is 11.1. The highest BCUT2D eigenvalue weighted by Gasteiger charge is 2.22. The van der Waals surface area contributed by atoms with Crippen molar-refractivity contribution in [3.63, 3.8) is 0 Å². The molecule has 0 N–H and O–H groups in total. The maximum Gasteiger partial charge on any atom is 0.316 e. The van der Waals surface area contributed by atoms with Gasteiger partial charge in [-0.2, -0.15) is 0 Å². The van der Waals surface area contributed by atoms with E-state index in [2.05, 4.69) is 4.74 Å². The van der Waals surface area contributed by atoms with Gasteiger partial charge in [-0.05, 0) is 33.6 Å². The SMILES string of the molecule is COC(=O)C(CCC=C(C)C)C(C)=O. The Hall–Kier alpha value is -1.12. The van der Waals surface area contributed by atoms with E-state index >= 15 is 0 Å². The fourth-order valence-electron chi connectivity index (χ4n) is 1.17. The number of hydrogen-bond donors (Lipinski definition) is 0. The topological polar surface area (TPSA) is 43.4 Å². The Labute approximate surface area is 85.1 Å². The molecule has 80 valence electrons. The van der Waals surface area contributed by atoms with Crippen LogP contribution in [0.2, 0.25) is 0 Å². The molecule has 0 bridgehead atoms. The van der Waals surface area contributed by atoms with Gasteiger partial charge in [0.1, 0.15) is 11.7 Å². The number of allylic oxidation sites excluding steroid dienone is 2. The van der Waals surface area contributed by atoms with Crippen LogP contribution in [0.5, 0.6) is 0 Å². The number of ether oxygens (including phenoxy) is 1. The van der Waals surface area contributed by atoms with Crippen LogP contribution in [0.25, 0.3) is 0 Å². The van der Waals surface area contributed by atoms with E-state index in [0.29, 0.717) is 6.42 Å². The van der Waals surface area contributed by atoms with Crippen molar-refractivity contribution in [1.82, 2.24) is 0 Å². The molecule has 0 rings (SSSR count). The van der Waals surface area contributed by atoms with Gasteiger partial charge in [-0.3, -0.25) is 9.59 Å². The van der Waals surface area contributed by atoms with Crippen molar-refractivity contribution in [2.75, 3.05) is 7.11 Å². The average molecular weight is 198 g/mol. The molecular weight excluding hydrogens is 180 g/mol. The number of Topliss-reactive ketones (excluding diaryl/α,β-unsaturated/α-hetero) is 1. The number of methoxy groups -OCH3 is 1. The lowest BCUT2D eigenvalue weighted by Crippen LogP contribution is -2.23. The van der Waals surface area contributed by atoms with Crippen LogP contribution in [0.15, 0.2) is 11.6 Å². The molecule has 0 aliphatic rings. The van der Waals surface area contributed by atoms with Gasteiger partial charge in [0.25, 0.3) is 0 Å². The van der Waals surface area contributed by atoms with Crippen LogP contribution in [0, 0.1) is 5.92 Å². The number of carbonyl (C=O) groups excluding carboxylic acids is 2. The molecule has 1 unspecified atom stereocenters. The molecule has 14 heavy (non-hydrogen) atoms. The highest BCUT2D eigenvalue weighted by atomic mass is 16.5. The van der Waals surface area contributed by atoms with Gasteiger partial charge in [0, 0.05) is 0 Å². The first kappa shape index (κ1) is 12.9. The molecule has 0 aromatic rings. The Morgan fingerprint density at radius 2 is 1.86 bits per heavy atom. The molecule has 3 nitrogen and oxygen atoms in total. The van der Waals surface area contributed by atoms with E-state index in [1.54, 1.807) is 0 Å². The van der Waals surface area contributed by atoms with E-state index in [0.717, 1.165) is 6.42 Å². The molecule has 0 heterocycles. The van der Waals surface area contributed by atoms with Crippen molar-refractivity contribution in [3.8, 4) is 0 Å². The van der Waals surface area contributed by atoms with Crippen molar-refractivity contribution in [2.24, 2.45) is 5.92 Å². The Balaban J connectivity index is 4.18. The lowest BCUT2D eigenvalue weighted by molar-refractivity contribution is -0.149. The zero-order valence-electron chi connectivity index (χ0n) is 9.29. The van der Waals surface area contributed by atoms with Gasteiger partial charge in [-0.1, -0.05) is 11.6 Å². The van der Waals surface area contributed by atoms with Crippen molar-refractivity contribution in [2.45, 2.75) is 33.6 Å². The number of ketones is 1. The molecule has 0 aliphatic heterocycles. The Morgan fingerprint density at radius 1 is 1.29 bits per heavy atom. The van der Waals surface area contributed by atoms with E-state index in [1.165, 1.54) is 19.6 Å². The number of esters is 1. The van der Waals surface area contributed by atoms with E-state index in [4.69, 9.17) is 0 Å². The van der Waals surface area contributed by atoms with Crippen LogP contribution in [0.1, 0.15) is 33.6 Å². The molecule has 1 atom stereocenters. The lowest BCUT2D eigenvalue weighted by Gasteiger charge is -2.09. The van der Waals surface area contributed by atoms with E-state index in [9.17, 15) is 9.59 Å². The van der Waals surface area contributed by atoms with Gasteiger partial charge in [-0.25, -0.2) is 0 Å². The monoisotopic (exact) mass is 198 g/mol. The molecule has 0 aromatic heterocycles. The summed E-state index contributed by atoms with van der Waals surface area (Å²) in [5.74, 6) is -1.16. The second kappa shape index (κ2) is 6.35.